The molecular formula is C22H25N3O3. The van der Waals surface area contributed by atoms with E-state index in [1.54, 1.807) is 6.08 Å². The number of amides is 3. The van der Waals surface area contributed by atoms with Gasteiger partial charge in [-0.2, -0.15) is 0 Å². The molecular weight excluding hydrogens is 354 g/mol. The molecule has 3 N–H and O–H groups in total. The van der Waals surface area contributed by atoms with E-state index < -0.39 is 5.91 Å². The Morgan fingerprint density at radius 1 is 1.04 bits per heavy atom. The van der Waals surface area contributed by atoms with Crippen LogP contribution < -0.4 is 11.1 Å². The van der Waals surface area contributed by atoms with Crippen LogP contribution in [0.1, 0.15) is 30.0 Å². The first-order valence-corrected chi connectivity index (χ1v) is 9.03. The summed E-state index contributed by atoms with van der Waals surface area (Å²) in [6, 6.07) is 17.0. The minimum absolute atomic E-state index is 0.0380. The first-order chi connectivity index (χ1) is 13.4. The Morgan fingerprint density at radius 2 is 1.68 bits per heavy atom. The fraction of sp³-hybridized carbons (Fsp3) is 0.227. The molecule has 2 rings (SSSR count). The number of nitrogens with two attached hydrogens (primary N) is 1. The van der Waals surface area contributed by atoms with Gasteiger partial charge in [-0.05, 0) is 29.7 Å². The molecule has 2 aromatic rings. The number of nitrogens with one attached hydrogen (secondary N) is 1. The first kappa shape index (κ1) is 20.9. The van der Waals surface area contributed by atoms with Crippen molar-refractivity contribution in [3.05, 3.63) is 77.0 Å². The van der Waals surface area contributed by atoms with Gasteiger partial charge in [0.2, 0.25) is 11.8 Å². The maximum atomic E-state index is 13.2. The minimum atomic E-state index is -0.491. The molecule has 0 aromatic heterocycles. The summed E-state index contributed by atoms with van der Waals surface area (Å²) < 4.78 is 0. The summed E-state index contributed by atoms with van der Waals surface area (Å²) in [6.45, 7) is 3.74. The van der Waals surface area contributed by atoms with Crippen molar-refractivity contribution in [2.24, 2.45) is 5.73 Å². The van der Waals surface area contributed by atoms with Crippen LogP contribution >= 0.6 is 0 Å². The average Bonchev–Trinajstić information content (AvgIpc) is 2.66. The van der Waals surface area contributed by atoms with Crippen LogP contribution in [0.5, 0.6) is 0 Å². The number of rotatable bonds is 8. The molecule has 0 atom stereocenters. The highest BCUT2D eigenvalue weighted by molar-refractivity contribution is 6.01. The molecule has 0 saturated heterocycles. The van der Waals surface area contributed by atoms with Crippen LogP contribution in [0, 0.1) is 6.92 Å². The van der Waals surface area contributed by atoms with Gasteiger partial charge in [-0.25, -0.2) is 0 Å². The fourth-order valence-electron chi connectivity index (χ4n) is 2.72. The van der Waals surface area contributed by atoms with Crippen LogP contribution in [-0.4, -0.2) is 29.2 Å². The number of hydrogen-bond acceptors (Lipinski definition) is 3. The third kappa shape index (κ3) is 6.39. The molecule has 6 nitrogen and oxygen atoms in total. The third-order valence-electron chi connectivity index (χ3n) is 4.16. The normalized spacial score (nSPS) is 11.0. The van der Waals surface area contributed by atoms with Gasteiger partial charge in [-0.1, -0.05) is 54.6 Å². The largest absolute Gasteiger partial charge is 0.370 e. The highest BCUT2D eigenvalue weighted by Gasteiger charge is 2.20. The predicted octanol–water partition coefficient (Wildman–Crippen LogP) is 2.38. The second kappa shape index (κ2) is 10.1. The van der Waals surface area contributed by atoms with E-state index in [0.717, 1.165) is 16.7 Å². The van der Waals surface area contributed by atoms with Crippen molar-refractivity contribution in [3.8, 4) is 0 Å². The van der Waals surface area contributed by atoms with Gasteiger partial charge in [0.05, 0.1) is 0 Å². The van der Waals surface area contributed by atoms with Gasteiger partial charge in [-0.15, -0.1) is 0 Å². The summed E-state index contributed by atoms with van der Waals surface area (Å²) in [5.74, 6) is -1.21. The predicted molar refractivity (Wildman–Crippen MR) is 109 cm³/mol. The van der Waals surface area contributed by atoms with Crippen LogP contribution in [0.25, 0.3) is 6.08 Å². The zero-order chi connectivity index (χ0) is 20.5. The molecule has 2 aromatic carbocycles. The van der Waals surface area contributed by atoms with Crippen molar-refractivity contribution in [2.45, 2.75) is 26.8 Å². The van der Waals surface area contributed by atoms with Crippen LogP contribution in [0.3, 0.4) is 0 Å². The molecule has 0 saturated carbocycles. The van der Waals surface area contributed by atoms with Crippen LogP contribution in [-0.2, 0) is 20.9 Å². The van der Waals surface area contributed by atoms with Crippen molar-refractivity contribution >= 4 is 23.8 Å². The van der Waals surface area contributed by atoms with Gasteiger partial charge in [0.25, 0.3) is 5.91 Å². The molecule has 0 fully saturated rings. The summed E-state index contributed by atoms with van der Waals surface area (Å²) in [5, 5.41) is 2.62. The zero-order valence-corrected chi connectivity index (χ0v) is 16.1. The molecule has 28 heavy (non-hydrogen) atoms. The second-order valence-electron chi connectivity index (χ2n) is 6.52. The van der Waals surface area contributed by atoms with E-state index in [1.165, 1.54) is 11.8 Å². The van der Waals surface area contributed by atoms with Gasteiger partial charge >= 0.3 is 0 Å². The minimum Gasteiger partial charge on any atom is -0.370 e. The Bertz CT molecular complexity index is 876. The summed E-state index contributed by atoms with van der Waals surface area (Å²) in [4.78, 5) is 37.7. The van der Waals surface area contributed by atoms with E-state index in [4.69, 9.17) is 5.73 Å². The molecule has 0 heterocycles. The number of benzene rings is 2. The van der Waals surface area contributed by atoms with Crippen molar-refractivity contribution in [1.29, 1.82) is 0 Å². The lowest BCUT2D eigenvalue weighted by atomic mass is 10.1. The van der Waals surface area contributed by atoms with Crippen molar-refractivity contribution < 1.29 is 14.4 Å². The molecule has 6 heteroatoms. The zero-order valence-electron chi connectivity index (χ0n) is 16.1. The lowest BCUT2D eigenvalue weighted by molar-refractivity contribution is -0.130. The Hall–Kier alpha value is -3.41. The number of hydrogen-bond donors (Lipinski definition) is 2. The lowest BCUT2D eigenvalue weighted by Gasteiger charge is -2.24. The van der Waals surface area contributed by atoms with E-state index in [9.17, 15) is 14.4 Å². The standard InChI is InChI=1S/C22H25N3O3/c1-16-8-6-7-11-19(16)14-20(24-17(2)26)22(28)25(13-12-21(23)27)15-18-9-4-3-5-10-18/h3-11,14H,12-13,15H2,1-2H3,(H2,23,27)(H,24,26)/b20-14+. The Kier molecular flexibility index (Phi) is 7.51. The molecule has 0 radical (unpaired) electrons. The highest BCUT2D eigenvalue weighted by Crippen LogP contribution is 2.14. The molecule has 0 aliphatic rings. The van der Waals surface area contributed by atoms with Crippen LogP contribution in [0.4, 0.5) is 0 Å². The molecule has 0 spiro atoms. The quantitative estimate of drug-likeness (QED) is 0.690. The van der Waals surface area contributed by atoms with E-state index in [0.29, 0.717) is 6.54 Å². The number of carbonyl (C=O) groups is 3. The Labute approximate surface area is 165 Å². The highest BCUT2D eigenvalue weighted by atomic mass is 16.2. The van der Waals surface area contributed by atoms with Gasteiger partial charge in [-0.3, -0.25) is 14.4 Å². The number of carbonyl (C=O) groups excluding carboxylic acids is 3. The first-order valence-electron chi connectivity index (χ1n) is 9.03. The van der Waals surface area contributed by atoms with E-state index in [2.05, 4.69) is 5.32 Å². The van der Waals surface area contributed by atoms with Crippen molar-refractivity contribution in [1.82, 2.24) is 10.2 Å². The summed E-state index contributed by atoms with van der Waals surface area (Å²) >= 11 is 0. The Balaban J connectivity index is 2.36. The van der Waals surface area contributed by atoms with Gasteiger partial charge in [0, 0.05) is 26.4 Å². The van der Waals surface area contributed by atoms with E-state index in [-0.39, 0.29) is 30.5 Å². The maximum absolute atomic E-state index is 13.2. The molecule has 3 amide bonds. The lowest BCUT2D eigenvalue weighted by Crippen LogP contribution is -2.39. The van der Waals surface area contributed by atoms with Crippen LogP contribution in [0.15, 0.2) is 60.3 Å². The summed E-state index contributed by atoms with van der Waals surface area (Å²) in [7, 11) is 0. The topological polar surface area (TPSA) is 92.5 Å². The maximum Gasteiger partial charge on any atom is 0.270 e. The number of aryl methyl sites for hydroxylation is 1. The monoisotopic (exact) mass is 379 g/mol. The third-order valence-corrected chi connectivity index (χ3v) is 4.16. The van der Waals surface area contributed by atoms with Crippen molar-refractivity contribution in [2.75, 3.05) is 6.54 Å². The van der Waals surface area contributed by atoms with Gasteiger partial charge < -0.3 is 16.0 Å². The molecule has 0 aliphatic heterocycles. The summed E-state index contributed by atoms with van der Waals surface area (Å²) in [6.07, 6.45) is 1.69. The van der Waals surface area contributed by atoms with E-state index >= 15 is 0 Å². The van der Waals surface area contributed by atoms with Gasteiger partial charge in [0.1, 0.15) is 5.70 Å². The van der Waals surface area contributed by atoms with E-state index in [1.807, 2.05) is 61.5 Å². The van der Waals surface area contributed by atoms with Gasteiger partial charge in [0.15, 0.2) is 0 Å². The molecule has 0 bridgehead atoms. The fourth-order valence-corrected chi connectivity index (χ4v) is 2.72. The average molecular weight is 379 g/mol. The Morgan fingerprint density at radius 3 is 2.29 bits per heavy atom. The second-order valence-corrected chi connectivity index (χ2v) is 6.52. The summed E-state index contributed by atoms with van der Waals surface area (Å²) in [5.41, 5.74) is 8.15. The molecule has 146 valence electrons. The smallest absolute Gasteiger partial charge is 0.270 e. The number of nitrogens with zero attached hydrogens (tertiary/aromatic N) is 1. The molecule has 0 unspecified atom stereocenters. The van der Waals surface area contributed by atoms with Crippen LogP contribution in [0.2, 0.25) is 0 Å². The SMILES string of the molecule is CC(=O)N/C(=C/c1ccccc1C)C(=O)N(CCC(N)=O)Cc1ccccc1. The number of primary amides is 1. The molecule has 0 aliphatic carbocycles. The van der Waals surface area contributed by atoms with Crippen molar-refractivity contribution in [3.63, 3.8) is 0 Å².